The molecule has 0 amide bonds. The van der Waals surface area contributed by atoms with E-state index in [-0.39, 0.29) is 10.6 Å². The summed E-state index contributed by atoms with van der Waals surface area (Å²) in [5.41, 5.74) is -1.22. The predicted octanol–water partition coefficient (Wildman–Crippen LogP) is 3.06. The zero-order valence-electron chi connectivity index (χ0n) is 9.37. The maximum absolute atomic E-state index is 13.5. The molecule has 0 saturated carbocycles. The van der Waals surface area contributed by atoms with Gasteiger partial charge in [-0.3, -0.25) is 0 Å². The van der Waals surface area contributed by atoms with Gasteiger partial charge < -0.3 is 10.2 Å². The third kappa shape index (κ3) is 2.54. The van der Waals surface area contributed by atoms with Gasteiger partial charge in [0, 0.05) is 10.6 Å². The molecule has 0 saturated heterocycles. The number of aliphatic hydroxyl groups is 2. The first-order valence-corrected chi connectivity index (χ1v) is 5.67. The predicted molar refractivity (Wildman–Crippen MR) is 61.9 cm³/mol. The van der Waals surface area contributed by atoms with E-state index in [1.54, 1.807) is 13.8 Å². The smallest absolute Gasteiger partial charge is 0.130 e. The molecule has 1 aromatic carbocycles. The molecule has 0 heterocycles. The van der Waals surface area contributed by atoms with Crippen LogP contribution in [-0.4, -0.2) is 15.8 Å². The Bertz CT molecular complexity index is 364. The topological polar surface area (TPSA) is 40.5 Å². The van der Waals surface area contributed by atoms with E-state index in [0.717, 1.165) is 6.07 Å². The van der Waals surface area contributed by atoms with Crippen LogP contribution in [0.1, 0.15) is 38.4 Å². The first kappa shape index (κ1) is 13.4. The van der Waals surface area contributed by atoms with Gasteiger partial charge in [-0.05, 0) is 25.0 Å². The highest BCUT2D eigenvalue weighted by Gasteiger charge is 2.34. The summed E-state index contributed by atoms with van der Waals surface area (Å²) in [6, 6.07) is 4.03. The first-order chi connectivity index (χ1) is 7.44. The van der Waals surface area contributed by atoms with Crippen molar-refractivity contribution in [3.8, 4) is 0 Å². The summed E-state index contributed by atoms with van der Waals surface area (Å²) in [6.45, 7) is 3.50. The fourth-order valence-corrected chi connectivity index (χ4v) is 1.81. The molecule has 0 bridgehead atoms. The van der Waals surface area contributed by atoms with Gasteiger partial charge in [0.2, 0.25) is 0 Å². The molecule has 0 fully saturated rings. The maximum atomic E-state index is 13.5. The van der Waals surface area contributed by atoms with Gasteiger partial charge in [-0.1, -0.05) is 31.5 Å². The highest BCUT2D eigenvalue weighted by molar-refractivity contribution is 6.30. The molecule has 1 aromatic rings. The summed E-state index contributed by atoms with van der Waals surface area (Å²) in [5, 5.41) is 20.3. The van der Waals surface area contributed by atoms with Crippen LogP contribution in [-0.2, 0) is 0 Å². The Morgan fingerprint density at radius 3 is 2.38 bits per heavy atom. The van der Waals surface area contributed by atoms with Crippen LogP contribution in [0.4, 0.5) is 4.39 Å². The molecule has 1 unspecified atom stereocenters. The Balaban J connectivity index is 3.08. The summed E-state index contributed by atoms with van der Waals surface area (Å²) < 4.78 is 13.5. The molecule has 4 heteroatoms. The van der Waals surface area contributed by atoms with Crippen LogP contribution in [0.3, 0.4) is 0 Å². The van der Waals surface area contributed by atoms with Crippen LogP contribution in [0.25, 0.3) is 0 Å². The Morgan fingerprint density at radius 2 is 1.94 bits per heavy atom. The van der Waals surface area contributed by atoms with E-state index >= 15 is 0 Å². The van der Waals surface area contributed by atoms with Crippen molar-refractivity contribution >= 4 is 11.6 Å². The van der Waals surface area contributed by atoms with Crippen LogP contribution in [0.5, 0.6) is 0 Å². The van der Waals surface area contributed by atoms with Crippen molar-refractivity contribution in [1.82, 2.24) is 0 Å². The van der Waals surface area contributed by atoms with Crippen molar-refractivity contribution in [3.05, 3.63) is 34.6 Å². The molecular formula is C12H16ClFO2. The molecule has 0 aromatic heterocycles. The van der Waals surface area contributed by atoms with Gasteiger partial charge in [-0.2, -0.15) is 0 Å². The summed E-state index contributed by atoms with van der Waals surface area (Å²) in [4.78, 5) is 0. The standard InChI is InChI=1S/C12H16ClFO2/c1-3-12(16,4-2)11(15)9-6-5-8(13)7-10(9)14/h5-7,11,15-16H,3-4H2,1-2H3. The minimum Gasteiger partial charge on any atom is -0.387 e. The fourth-order valence-electron chi connectivity index (χ4n) is 1.65. The van der Waals surface area contributed by atoms with Gasteiger partial charge in [0.25, 0.3) is 0 Å². The van der Waals surface area contributed by atoms with Crippen molar-refractivity contribution in [3.63, 3.8) is 0 Å². The van der Waals surface area contributed by atoms with Gasteiger partial charge in [-0.15, -0.1) is 0 Å². The lowest BCUT2D eigenvalue weighted by Gasteiger charge is -2.31. The molecule has 0 aliphatic carbocycles. The fraction of sp³-hybridized carbons (Fsp3) is 0.500. The maximum Gasteiger partial charge on any atom is 0.130 e. The summed E-state index contributed by atoms with van der Waals surface area (Å²) in [5.74, 6) is -0.597. The lowest BCUT2D eigenvalue weighted by Crippen LogP contribution is -2.35. The van der Waals surface area contributed by atoms with Crippen LogP contribution in [0.2, 0.25) is 5.02 Å². The zero-order chi connectivity index (χ0) is 12.3. The van der Waals surface area contributed by atoms with E-state index < -0.39 is 17.5 Å². The number of halogens is 2. The lowest BCUT2D eigenvalue weighted by molar-refractivity contribution is -0.0834. The third-order valence-corrected chi connectivity index (χ3v) is 3.23. The molecule has 90 valence electrons. The second-order valence-electron chi connectivity index (χ2n) is 3.88. The van der Waals surface area contributed by atoms with Crippen LogP contribution >= 0.6 is 11.6 Å². The van der Waals surface area contributed by atoms with E-state index in [0.29, 0.717) is 12.8 Å². The zero-order valence-corrected chi connectivity index (χ0v) is 10.1. The quantitative estimate of drug-likeness (QED) is 0.857. The molecule has 1 atom stereocenters. The summed E-state index contributed by atoms with van der Waals surface area (Å²) in [7, 11) is 0. The number of rotatable bonds is 4. The third-order valence-electron chi connectivity index (χ3n) is 2.99. The van der Waals surface area contributed by atoms with Crippen molar-refractivity contribution in [2.45, 2.75) is 38.4 Å². The Kier molecular flexibility index (Phi) is 4.30. The highest BCUT2D eigenvalue weighted by Crippen LogP contribution is 2.33. The molecule has 1 rings (SSSR count). The number of hydrogen-bond donors (Lipinski definition) is 2. The van der Waals surface area contributed by atoms with E-state index in [4.69, 9.17) is 11.6 Å². The number of hydrogen-bond acceptors (Lipinski definition) is 2. The van der Waals surface area contributed by atoms with Gasteiger partial charge in [0.15, 0.2) is 0 Å². The van der Waals surface area contributed by atoms with Crippen molar-refractivity contribution in [2.75, 3.05) is 0 Å². The van der Waals surface area contributed by atoms with Gasteiger partial charge in [-0.25, -0.2) is 4.39 Å². The van der Waals surface area contributed by atoms with Crippen LogP contribution in [0, 0.1) is 5.82 Å². The Hall–Kier alpha value is -0.640. The van der Waals surface area contributed by atoms with Crippen LogP contribution < -0.4 is 0 Å². The van der Waals surface area contributed by atoms with Crippen molar-refractivity contribution < 1.29 is 14.6 Å². The second-order valence-corrected chi connectivity index (χ2v) is 4.32. The molecule has 0 spiro atoms. The molecule has 0 aliphatic heterocycles. The molecule has 0 radical (unpaired) electrons. The monoisotopic (exact) mass is 246 g/mol. The average Bonchev–Trinajstić information content (AvgIpc) is 2.27. The average molecular weight is 247 g/mol. The summed E-state index contributed by atoms with van der Waals surface area (Å²) in [6.07, 6.45) is -0.529. The highest BCUT2D eigenvalue weighted by atomic mass is 35.5. The summed E-state index contributed by atoms with van der Waals surface area (Å²) >= 11 is 5.62. The van der Waals surface area contributed by atoms with Crippen molar-refractivity contribution in [1.29, 1.82) is 0 Å². The Labute approximate surface area is 99.7 Å². The molecule has 2 nitrogen and oxygen atoms in total. The van der Waals surface area contributed by atoms with E-state index in [1.165, 1.54) is 12.1 Å². The van der Waals surface area contributed by atoms with Gasteiger partial charge in [0.1, 0.15) is 11.9 Å². The molecular weight excluding hydrogens is 231 g/mol. The lowest BCUT2D eigenvalue weighted by atomic mass is 9.86. The first-order valence-electron chi connectivity index (χ1n) is 5.30. The van der Waals surface area contributed by atoms with Gasteiger partial charge >= 0.3 is 0 Å². The normalized spacial score (nSPS) is 13.9. The van der Waals surface area contributed by atoms with Crippen molar-refractivity contribution in [2.24, 2.45) is 0 Å². The molecule has 0 aliphatic rings. The molecule has 2 N–H and O–H groups in total. The second kappa shape index (κ2) is 5.13. The minimum absolute atomic E-state index is 0.0793. The van der Waals surface area contributed by atoms with E-state index in [1.807, 2.05) is 0 Å². The minimum atomic E-state index is -1.30. The SMILES string of the molecule is CCC(O)(CC)C(O)c1ccc(Cl)cc1F. The Morgan fingerprint density at radius 1 is 1.38 bits per heavy atom. The molecule has 16 heavy (non-hydrogen) atoms. The van der Waals surface area contributed by atoms with Crippen LogP contribution in [0.15, 0.2) is 18.2 Å². The largest absolute Gasteiger partial charge is 0.387 e. The number of aliphatic hydroxyl groups excluding tert-OH is 1. The van der Waals surface area contributed by atoms with E-state index in [2.05, 4.69) is 0 Å². The van der Waals surface area contributed by atoms with E-state index in [9.17, 15) is 14.6 Å². The van der Waals surface area contributed by atoms with Gasteiger partial charge in [0.05, 0.1) is 5.60 Å². The number of benzene rings is 1.